The van der Waals surface area contributed by atoms with Crippen molar-refractivity contribution >= 4 is 40.8 Å². The van der Waals surface area contributed by atoms with Gasteiger partial charge in [0.15, 0.2) is 0 Å². The Bertz CT molecular complexity index is 990. The molecule has 7 nitrogen and oxygen atoms in total. The number of non-ortho nitro benzene ring substituents is 1. The highest BCUT2D eigenvalue weighted by Gasteiger charge is 2.23. The molecule has 1 heterocycles. The second-order valence-corrected chi connectivity index (χ2v) is 7.27. The van der Waals surface area contributed by atoms with Crippen molar-refractivity contribution in [2.45, 2.75) is 25.8 Å². The van der Waals surface area contributed by atoms with Crippen molar-refractivity contribution in [1.82, 2.24) is 5.32 Å². The molecule has 0 bridgehead atoms. The number of benzene rings is 2. The number of nitro benzene ring substituents is 1. The first-order chi connectivity index (χ1) is 13.8. The molecule has 3 rings (SSSR count). The molecule has 1 fully saturated rings. The molecule has 1 N–H and O–H groups in total. The molecule has 152 valence electrons. The number of carbonyl (C=O) groups excluding carboxylic acids is 1. The van der Waals surface area contributed by atoms with Gasteiger partial charge in [-0.15, -0.1) is 0 Å². The number of hydrogen-bond acceptors (Lipinski definition) is 5. The summed E-state index contributed by atoms with van der Waals surface area (Å²) in [5.41, 5.74) is 1.000. The minimum absolute atomic E-state index is 0.0601. The van der Waals surface area contributed by atoms with Crippen LogP contribution >= 0.6 is 11.6 Å². The third kappa shape index (κ3) is 4.60. The fourth-order valence-corrected chi connectivity index (χ4v) is 3.31. The molecule has 2 aromatic rings. The minimum atomic E-state index is -0.662. The van der Waals surface area contributed by atoms with Gasteiger partial charge in [-0.3, -0.25) is 19.9 Å². The molecular formula is C20H20ClFN4O3. The van der Waals surface area contributed by atoms with E-state index in [0.29, 0.717) is 11.3 Å². The van der Waals surface area contributed by atoms with Gasteiger partial charge in [0.05, 0.1) is 21.2 Å². The van der Waals surface area contributed by atoms with Gasteiger partial charge in [-0.1, -0.05) is 11.6 Å². The summed E-state index contributed by atoms with van der Waals surface area (Å²) in [6.45, 7) is 2.56. The van der Waals surface area contributed by atoms with Crippen LogP contribution in [-0.4, -0.2) is 36.7 Å². The lowest BCUT2D eigenvalue weighted by Gasteiger charge is -2.19. The van der Waals surface area contributed by atoms with Gasteiger partial charge < -0.3 is 10.2 Å². The number of halogens is 2. The maximum Gasteiger partial charge on any atom is 0.270 e. The highest BCUT2D eigenvalue weighted by molar-refractivity contribution is 6.30. The summed E-state index contributed by atoms with van der Waals surface area (Å²) in [6.07, 6.45) is 3.69. The Morgan fingerprint density at radius 1 is 1.41 bits per heavy atom. The highest BCUT2D eigenvalue weighted by Crippen LogP contribution is 2.32. The molecule has 0 saturated carbocycles. The highest BCUT2D eigenvalue weighted by atomic mass is 35.5. The summed E-state index contributed by atoms with van der Waals surface area (Å²) in [5.74, 6) is -1.20. The number of nitrogens with zero attached hydrogens (tertiary/aromatic N) is 3. The topological polar surface area (TPSA) is 87.8 Å². The zero-order valence-corrected chi connectivity index (χ0v) is 16.7. The molecule has 1 aliphatic rings. The first-order valence-electron chi connectivity index (χ1n) is 9.07. The van der Waals surface area contributed by atoms with E-state index >= 15 is 0 Å². The van der Waals surface area contributed by atoms with Gasteiger partial charge >= 0.3 is 0 Å². The summed E-state index contributed by atoms with van der Waals surface area (Å²) in [6, 6.07) is 6.66. The minimum Gasteiger partial charge on any atom is -0.311 e. The van der Waals surface area contributed by atoms with Gasteiger partial charge in [-0.05, 0) is 50.1 Å². The lowest BCUT2D eigenvalue weighted by atomic mass is 10.0. The van der Waals surface area contributed by atoms with Crippen LogP contribution in [0.5, 0.6) is 0 Å². The fourth-order valence-electron chi connectivity index (χ4n) is 3.20. The quantitative estimate of drug-likeness (QED) is 0.442. The average molecular weight is 419 g/mol. The Balaban J connectivity index is 2.03. The van der Waals surface area contributed by atoms with Crippen LogP contribution < -0.4 is 10.2 Å². The number of nitro groups is 1. The molecule has 0 radical (unpaired) electrons. The van der Waals surface area contributed by atoms with Gasteiger partial charge in [0.25, 0.3) is 11.6 Å². The maximum absolute atomic E-state index is 13.8. The molecule has 0 spiro atoms. The zero-order chi connectivity index (χ0) is 21.1. The van der Waals surface area contributed by atoms with Crippen LogP contribution in [0.15, 0.2) is 35.3 Å². The maximum atomic E-state index is 13.8. The van der Waals surface area contributed by atoms with Gasteiger partial charge in [-0.2, -0.15) is 0 Å². The fraction of sp³-hybridized carbons (Fsp3) is 0.300. The van der Waals surface area contributed by atoms with E-state index in [1.54, 1.807) is 13.1 Å². The molecule has 0 aliphatic carbocycles. The van der Waals surface area contributed by atoms with Gasteiger partial charge in [0.2, 0.25) is 0 Å². The molecule has 0 aromatic heterocycles. The molecule has 1 atom stereocenters. The predicted molar refractivity (Wildman–Crippen MR) is 111 cm³/mol. The van der Waals surface area contributed by atoms with E-state index in [2.05, 4.69) is 10.3 Å². The SMILES string of the molecule is Cc1cc([N+](=O)[O-])cc(C(=O)N(C)c2ccc(Cl)c(F)c2)c1/N=C/C1CCCN1. The number of amides is 1. The Labute approximate surface area is 172 Å². The van der Waals surface area contributed by atoms with E-state index in [4.69, 9.17) is 11.6 Å². The normalized spacial score (nSPS) is 16.3. The lowest BCUT2D eigenvalue weighted by Crippen LogP contribution is -2.27. The van der Waals surface area contributed by atoms with Crippen LogP contribution in [0.25, 0.3) is 0 Å². The first kappa shape index (κ1) is 20.9. The van der Waals surface area contributed by atoms with E-state index in [-0.39, 0.29) is 28.0 Å². The second-order valence-electron chi connectivity index (χ2n) is 6.86. The van der Waals surface area contributed by atoms with Crippen LogP contribution in [0, 0.1) is 22.9 Å². The van der Waals surface area contributed by atoms with Crippen molar-refractivity contribution in [3.63, 3.8) is 0 Å². The van der Waals surface area contributed by atoms with Gasteiger partial charge in [0, 0.05) is 37.1 Å². The molecule has 2 aromatic carbocycles. The third-order valence-electron chi connectivity index (χ3n) is 4.80. The van der Waals surface area contributed by atoms with Crippen molar-refractivity contribution in [3.05, 3.63) is 62.4 Å². The predicted octanol–water partition coefficient (Wildman–Crippen LogP) is 4.43. The monoisotopic (exact) mass is 418 g/mol. The molecule has 29 heavy (non-hydrogen) atoms. The van der Waals surface area contributed by atoms with E-state index in [0.717, 1.165) is 25.5 Å². The Morgan fingerprint density at radius 2 is 2.17 bits per heavy atom. The Morgan fingerprint density at radius 3 is 2.79 bits per heavy atom. The third-order valence-corrected chi connectivity index (χ3v) is 5.11. The van der Waals surface area contributed by atoms with E-state index in [1.807, 2.05) is 0 Å². The number of carbonyl (C=O) groups is 1. The second kappa shape index (κ2) is 8.67. The summed E-state index contributed by atoms with van der Waals surface area (Å²) < 4.78 is 13.8. The lowest BCUT2D eigenvalue weighted by molar-refractivity contribution is -0.384. The number of hydrogen-bond donors (Lipinski definition) is 1. The van der Waals surface area contributed by atoms with Gasteiger partial charge in [0.1, 0.15) is 5.82 Å². The molecule has 1 aliphatic heterocycles. The summed E-state index contributed by atoms with van der Waals surface area (Å²) in [7, 11) is 1.46. The molecule has 1 unspecified atom stereocenters. The zero-order valence-electron chi connectivity index (χ0n) is 16.0. The smallest absolute Gasteiger partial charge is 0.270 e. The van der Waals surface area contributed by atoms with Gasteiger partial charge in [-0.25, -0.2) is 4.39 Å². The van der Waals surface area contributed by atoms with Crippen LogP contribution in [0.1, 0.15) is 28.8 Å². The van der Waals surface area contributed by atoms with E-state index in [1.165, 1.54) is 36.2 Å². The van der Waals surface area contributed by atoms with Crippen LogP contribution in [0.2, 0.25) is 5.02 Å². The summed E-state index contributed by atoms with van der Waals surface area (Å²) in [5, 5.41) is 14.5. The van der Waals surface area contributed by atoms with E-state index < -0.39 is 16.6 Å². The Hall–Kier alpha value is -2.84. The van der Waals surface area contributed by atoms with Crippen molar-refractivity contribution < 1.29 is 14.1 Å². The first-order valence-corrected chi connectivity index (χ1v) is 9.45. The molecule has 9 heteroatoms. The van der Waals surface area contributed by atoms with Crippen molar-refractivity contribution in [2.75, 3.05) is 18.5 Å². The number of rotatable bonds is 5. The van der Waals surface area contributed by atoms with Crippen LogP contribution in [-0.2, 0) is 0 Å². The number of anilines is 1. The average Bonchev–Trinajstić information content (AvgIpc) is 3.21. The van der Waals surface area contributed by atoms with Crippen molar-refractivity contribution in [1.29, 1.82) is 0 Å². The standard InChI is InChI=1S/C20H20ClFN4O3/c1-12-8-15(26(28)29)9-16(19(12)24-11-13-4-3-7-23-13)20(27)25(2)14-5-6-17(21)18(22)10-14/h5-6,8-11,13,23H,3-4,7H2,1-2H3/b24-11+. The molecule has 1 saturated heterocycles. The van der Waals surface area contributed by atoms with Crippen LogP contribution in [0.3, 0.4) is 0 Å². The Kier molecular flexibility index (Phi) is 6.24. The molecular weight excluding hydrogens is 399 g/mol. The summed E-state index contributed by atoms with van der Waals surface area (Å²) >= 11 is 5.71. The number of aryl methyl sites for hydroxylation is 1. The van der Waals surface area contributed by atoms with Crippen molar-refractivity contribution in [3.8, 4) is 0 Å². The van der Waals surface area contributed by atoms with Crippen molar-refractivity contribution in [2.24, 2.45) is 4.99 Å². The van der Waals surface area contributed by atoms with E-state index in [9.17, 15) is 19.3 Å². The number of nitrogens with one attached hydrogen (secondary N) is 1. The summed E-state index contributed by atoms with van der Waals surface area (Å²) in [4.78, 5) is 29.6. The largest absolute Gasteiger partial charge is 0.311 e. The van der Waals surface area contributed by atoms with Crippen LogP contribution in [0.4, 0.5) is 21.5 Å². The molecule has 1 amide bonds. The number of aliphatic imine (C=N–C) groups is 1.